The highest BCUT2D eigenvalue weighted by atomic mass is 16.9. The molecule has 4 saturated carbocycles. The van der Waals surface area contributed by atoms with Crippen LogP contribution in [0, 0.1) is 35.5 Å². The molecule has 13 rings (SSSR count). The average molecular weight is 815 g/mol. The summed E-state index contributed by atoms with van der Waals surface area (Å²) in [7, 11) is 0. The lowest BCUT2D eigenvalue weighted by Gasteiger charge is -2.74. The van der Waals surface area contributed by atoms with Gasteiger partial charge in [0.1, 0.15) is 59.5 Å². The number of esters is 2. The fourth-order valence-corrected chi connectivity index (χ4v) is 13.5. The van der Waals surface area contributed by atoms with E-state index in [9.17, 15) is 30.0 Å². The quantitative estimate of drug-likeness (QED) is 0.260. The minimum Gasteiger partial charge on any atom is -0.456 e. The minimum atomic E-state index is -2.07. The summed E-state index contributed by atoms with van der Waals surface area (Å²) in [5, 5.41) is 52.2. The maximum absolute atomic E-state index is 13.8. The van der Waals surface area contributed by atoms with E-state index in [1.807, 2.05) is 50.2 Å². The highest BCUT2D eigenvalue weighted by molar-refractivity contribution is 5.89. The molecule has 4 N–H and O–H groups in total. The standard InChI is InChI=1S/C46H54O13/c1-23-21-30-43(51)35(23)54-31(47)20-19-29-34(53-29)33(55-39(48)27-11-7-5-8-12-27)26-17-15-25(16-18-26)22-41(3,50)45(52)36-24(2)44(30)32(37-42(4,56-37)40(43)49)38(45)58-46(57-36,59-44)28-13-9-6-10-14-28/h5-14,19-20,23-26,29-30,32-38,40,49-52H,15-18,21-22H2,1-4H3/b20-19-/t23-,24+,25?,26?,29-,30+,32-,33+,34+,35-,36-,37-,38+,40+,41+,42-,43+,44-,45-,46?/m0/s1. The van der Waals surface area contributed by atoms with Gasteiger partial charge in [0.25, 0.3) is 0 Å². The number of hydrogen-bond acceptors (Lipinski definition) is 13. The summed E-state index contributed by atoms with van der Waals surface area (Å²) in [5.74, 6) is -5.82. The summed E-state index contributed by atoms with van der Waals surface area (Å²) in [6, 6.07) is 18.0. The van der Waals surface area contributed by atoms with E-state index < -0.39 is 118 Å². The van der Waals surface area contributed by atoms with Crippen LogP contribution in [0.4, 0.5) is 0 Å². The number of aliphatic hydroxyl groups excluding tert-OH is 1. The van der Waals surface area contributed by atoms with Crippen molar-refractivity contribution in [2.24, 2.45) is 35.5 Å². The van der Waals surface area contributed by atoms with Crippen molar-refractivity contribution in [1.82, 2.24) is 0 Å². The Balaban J connectivity index is 1.03. The molecule has 0 aromatic heterocycles. The largest absolute Gasteiger partial charge is 0.456 e. The number of epoxide rings is 2. The number of carbonyl (C=O) groups is 2. The lowest BCUT2D eigenvalue weighted by atomic mass is 9.49. The van der Waals surface area contributed by atoms with Crippen LogP contribution in [0.1, 0.15) is 82.1 Å². The van der Waals surface area contributed by atoms with Crippen LogP contribution in [0.2, 0.25) is 0 Å². The zero-order valence-electron chi connectivity index (χ0n) is 33.7. The van der Waals surface area contributed by atoms with Gasteiger partial charge >= 0.3 is 17.9 Å². The molecule has 2 aromatic rings. The molecule has 13 heteroatoms. The van der Waals surface area contributed by atoms with Gasteiger partial charge in [-0.1, -0.05) is 62.4 Å². The number of fused-ring (bicyclic) bond motifs is 6. The number of ether oxygens (including phenoxy) is 7. The fraction of sp³-hybridized carbons (Fsp3) is 0.652. The third-order valence-corrected chi connectivity index (χ3v) is 16.5. The third-order valence-electron chi connectivity index (χ3n) is 16.5. The van der Waals surface area contributed by atoms with E-state index in [2.05, 4.69) is 0 Å². The fourth-order valence-electron chi connectivity index (χ4n) is 13.5. The van der Waals surface area contributed by atoms with Gasteiger partial charge in [-0.3, -0.25) is 0 Å². The van der Waals surface area contributed by atoms with Gasteiger partial charge in [0.05, 0.1) is 22.9 Å². The van der Waals surface area contributed by atoms with Crippen LogP contribution in [-0.4, -0.2) is 109 Å². The number of carbonyl (C=O) groups excluding carboxylic acids is 2. The zero-order chi connectivity index (χ0) is 41.1. The normalized spacial score (nSPS) is 54.5. The molecule has 0 radical (unpaired) electrons. The van der Waals surface area contributed by atoms with E-state index in [0.29, 0.717) is 43.2 Å². The van der Waals surface area contributed by atoms with Gasteiger partial charge in [0.15, 0.2) is 0 Å². The lowest BCUT2D eigenvalue weighted by Crippen LogP contribution is -2.89. The van der Waals surface area contributed by atoms with Crippen LogP contribution in [-0.2, 0) is 43.9 Å². The van der Waals surface area contributed by atoms with Crippen molar-refractivity contribution >= 4 is 11.9 Å². The Morgan fingerprint density at radius 3 is 2.24 bits per heavy atom. The summed E-state index contributed by atoms with van der Waals surface area (Å²) in [5.41, 5.74) is -7.54. The highest BCUT2D eigenvalue weighted by Gasteiger charge is 2.90. The molecule has 10 bridgehead atoms. The molecule has 18 atom stereocenters. The topological polar surface area (TPSA) is 186 Å². The van der Waals surface area contributed by atoms with Crippen LogP contribution in [0.25, 0.3) is 0 Å². The van der Waals surface area contributed by atoms with Crippen molar-refractivity contribution < 1.29 is 63.2 Å². The van der Waals surface area contributed by atoms with E-state index in [-0.39, 0.29) is 18.3 Å². The minimum absolute atomic E-state index is 0.00681. The molecule has 2 aromatic carbocycles. The Morgan fingerprint density at radius 2 is 1.53 bits per heavy atom. The predicted octanol–water partition coefficient (Wildman–Crippen LogP) is 3.69. The van der Waals surface area contributed by atoms with Crippen LogP contribution < -0.4 is 0 Å². The van der Waals surface area contributed by atoms with E-state index in [4.69, 9.17) is 33.2 Å². The summed E-state index contributed by atoms with van der Waals surface area (Å²) < 4.78 is 46.1. The van der Waals surface area contributed by atoms with E-state index in [1.54, 1.807) is 44.2 Å². The molecule has 1 unspecified atom stereocenters. The Morgan fingerprint density at radius 1 is 0.847 bits per heavy atom. The van der Waals surface area contributed by atoms with Crippen LogP contribution in [0.15, 0.2) is 72.8 Å². The molecule has 9 fully saturated rings. The zero-order valence-corrected chi connectivity index (χ0v) is 33.7. The van der Waals surface area contributed by atoms with Crippen molar-refractivity contribution in [3.05, 3.63) is 83.9 Å². The van der Waals surface area contributed by atoms with Crippen molar-refractivity contribution in [2.75, 3.05) is 0 Å². The monoisotopic (exact) mass is 814 g/mol. The van der Waals surface area contributed by atoms with E-state index in [0.717, 1.165) is 0 Å². The van der Waals surface area contributed by atoms with Crippen LogP contribution in [0.3, 0.4) is 0 Å². The molecular formula is C46H54O13. The Bertz CT molecular complexity index is 2050. The molecule has 13 nitrogen and oxygen atoms in total. The molecule has 5 saturated heterocycles. The summed E-state index contributed by atoms with van der Waals surface area (Å²) in [6.07, 6.45) is -1.08. The summed E-state index contributed by atoms with van der Waals surface area (Å²) >= 11 is 0. The van der Waals surface area contributed by atoms with Crippen LogP contribution >= 0.6 is 0 Å². The highest BCUT2D eigenvalue weighted by Crippen LogP contribution is 2.75. The number of rotatable bonds is 3. The van der Waals surface area contributed by atoms with Gasteiger partial charge in [-0.05, 0) is 88.3 Å². The molecule has 316 valence electrons. The molecule has 59 heavy (non-hydrogen) atoms. The van der Waals surface area contributed by atoms with Gasteiger partial charge in [-0.25, -0.2) is 9.59 Å². The molecule has 7 heterocycles. The smallest absolute Gasteiger partial charge is 0.338 e. The van der Waals surface area contributed by atoms with Gasteiger partial charge in [0, 0.05) is 29.4 Å². The molecule has 11 aliphatic rings. The van der Waals surface area contributed by atoms with Crippen molar-refractivity contribution in [3.8, 4) is 0 Å². The van der Waals surface area contributed by atoms with Gasteiger partial charge in [-0.15, -0.1) is 0 Å². The first kappa shape index (κ1) is 38.7. The van der Waals surface area contributed by atoms with Crippen LogP contribution in [0.5, 0.6) is 0 Å². The molecule has 0 amide bonds. The molecule has 7 aliphatic heterocycles. The van der Waals surface area contributed by atoms with Crippen molar-refractivity contribution in [1.29, 1.82) is 0 Å². The third kappa shape index (κ3) is 5.11. The second-order valence-electron chi connectivity index (χ2n) is 19.6. The number of benzene rings is 2. The van der Waals surface area contributed by atoms with E-state index in [1.165, 1.54) is 6.08 Å². The molecule has 1 spiro atoms. The average Bonchev–Trinajstić information content (AvgIpc) is 4.14. The van der Waals surface area contributed by atoms with Gasteiger partial charge < -0.3 is 53.6 Å². The van der Waals surface area contributed by atoms with Crippen molar-refractivity contribution in [2.45, 2.75) is 149 Å². The Kier molecular flexibility index (Phi) is 8.30. The predicted molar refractivity (Wildman–Crippen MR) is 205 cm³/mol. The first-order valence-corrected chi connectivity index (χ1v) is 21.5. The van der Waals surface area contributed by atoms with Gasteiger partial charge in [0.2, 0.25) is 0 Å². The second-order valence-corrected chi connectivity index (χ2v) is 19.6. The first-order valence-electron chi connectivity index (χ1n) is 21.5. The molecular weight excluding hydrogens is 760 g/mol. The second kappa shape index (κ2) is 12.7. The van der Waals surface area contributed by atoms with E-state index >= 15 is 0 Å². The number of aliphatic hydroxyl groups is 4. The maximum atomic E-state index is 13.8. The summed E-state index contributed by atoms with van der Waals surface area (Å²) in [6.45, 7) is 7.19. The SMILES string of the molecule is C[C@@H]1[C@@H]2OC3(c4ccccc4)O[C@@H]4[C@@H]5[C@@H]6O[C@]6(C)[C@@H](O)[C@@]6(O)[C@@H](C[C@H](C)[C@@H]6OC(=O)/C=C\[C@@H]6O[C@H]6[C@H](OC(=O)c6ccccc6)C6CCC(CC6)C[C@@](C)(O)[C@@]42O)[C@]51O3. The summed E-state index contributed by atoms with van der Waals surface area (Å²) in [4.78, 5) is 27.3. The Hall–Kier alpha value is -3.24. The number of hydrogen-bond donors (Lipinski definition) is 4. The van der Waals surface area contributed by atoms with Crippen molar-refractivity contribution in [3.63, 3.8) is 0 Å². The first-order chi connectivity index (χ1) is 28.1. The lowest BCUT2D eigenvalue weighted by molar-refractivity contribution is -0.595. The maximum Gasteiger partial charge on any atom is 0.338 e. The molecule has 4 aliphatic carbocycles. The Labute approximate surface area is 342 Å². The van der Waals surface area contributed by atoms with Gasteiger partial charge in [-0.2, -0.15) is 0 Å².